The van der Waals surface area contributed by atoms with Crippen molar-refractivity contribution >= 4 is 7.82 Å². The Morgan fingerprint density at radius 1 is 0.643 bits per heavy atom. The van der Waals surface area contributed by atoms with Crippen LogP contribution in [0.4, 0.5) is 0 Å². The molecule has 0 unspecified atom stereocenters. The van der Waals surface area contributed by atoms with Crippen molar-refractivity contribution in [1.82, 2.24) is 0 Å². The van der Waals surface area contributed by atoms with Gasteiger partial charge in [0.25, 0.3) is 5.97 Å². The van der Waals surface area contributed by atoms with Gasteiger partial charge in [-0.15, -0.1) is 0 Å². The van der Waals surface area contributed by atoms with Crippen LogP contribution in [-0.4, -0.2) is 42.2 Å². The molecular formula is C20H43O7P. The van der Waals surface area contributed by atoms with Gasteiger partial charge in [-0.2, -0.15) is 0 Å². The summed E-state index contributed by atoms with van der Waals surface area (Å²) in [6, 6.07) is 0. The Morgan fingerprint density at radius 3 is 1.50 bits per heavy atom. The molecule has 0 atom stereocenters. The lowest BCUT2D eigenvalue weighted by Crippen LogP contribution is -2.40. The van der Waals surface area contributed by atoms with Gasteiger partial charge in [-0.05, 0) is 32.1 Å². The van der Waals surface area contributed by atoms with Crippen LogP contribution in [0, 0.1) is 0 Å². The van der Waals surface area contributed by atoms with Gasteiger partial charge in [0, 0.05) is 6.42 Å². The predicted molar refractivity (Wildman–Crippen MR) is 111 cm³/mol. The van der Waals surface area contributed by atoms with E-state index in [9.17, 15) is 4.57 Å². The van der Waals surface area contributed by atoms with Crippen molar-refractivity contribution in [3.05, 3.63) is 0 Å². The van der Waals surface area contributed by atoms with Gasteiger partial charge in [0.1, 0.15) is 0 Å². The Balaban J connectivity index is 4.38. The second-order valence-electron chi connectivity index (χ2n) is 7.13. The molecule has 0 spiro atoms. The molecule has 0 bridgehead atoms. The lowest BCUT2D eigenvalue weighted by molar-refractivity contribution is -0.384. The highest BCUT2D eigenvalue weighted by Crippen LogP contribution is 2.35. The molecule has 0 aromatic carbocycles. The topological polar surface area (TPSA) is 94.5 Å². The first kappa shape index (κ1) is 28.0. The van der Waals surface area contributed by atoms with E-state index in [1.165, 1.54) is 0 Å². The Bertz CT molecular complexity index is 360. The number of unbranched alkanes of at least 4 members (excludes halogenated alkanes) is 7. The Labute approximate surface area is 171 Å². The van der Waals surface area contributed by atoms with Crippen molar-refractivity contribution in [2.75, 3.05) is 26.4 Å². The highest BCUT2D eigenvalue weighted by atomic mass is 31.2. The summed E-state index contributed by atoms with van der Waals surface area (Å²) in [6.07, 6.45) is 11.2. The predicted octanol–water partition coefficient (Wildman–Crippen LogP) is 5.54. The summed E-state index contributed by atoms with van der Waals surface area (Å²) in [5, 5.41) is 0. The van der Waals surface area contributed by atoms with E-state index in [0.29, 0.717) is 32.7 Å². The van der Waals surface area contributed by atoms with Crippen LogP contribution in [-0.2, 0) is 23.3 Å². The zero-order valence-electron chi connectivity index (χ0n) is 18.2. The number of hydrogen-bond acceptors (Lipinski definition) is 5. The fourth-order valence-corrected chi connectivity index (χ4v) is 2.98. The molecule has 28 heavy (non-hydrogen) atoms. The van der Waals surface area contributed by atoms with E-state index in [1.54, 1.807) is 0 Å². The molecule has 7 nitrogen and oxygen atoms in total. The highest BCUT2D eigenvalue weighted by molar-refractivity contribution is 7.46. The van der Waals surface area contributed by atoms with Crippen LogP contribution in [0.1, 0.15) is 97.8 Å². The van der Waals surface area contributed by atoms with Crippen molar-refractivity contribution < 1.29 is 33.1 Å². The molecule has 2 N–H and O–H groups in total. The third-order valence-corrected chi connectivity index (χ3v) is 4.87. The van der Waals surface area contributed by atoms with Gasteiger partial charge < -0.3 is 24.0 Å². The zero-order chi connectivity index (χ0) is 21.1. The number of phosphoric ester groups is 1. The maximum absolute atomic E-state index is 10.6. The summed E-state index contributed by atoms with van der Waals surface area (Å²) in [5.41, 5.74) is 0. The van der Waals surface area contributed by atoms with E-state index in [2.05, 4.69) is 25.3 Å². The summed E-state index contributed by atoms with van der Waals surface area (Å²) >= 11 is 0. The lowest BCUT2D eigenvalue weighted by Gasteiger charge is -2.33. The van der Waals surface area contributed by atoms with Crippen LogP contribution in [0.2, 0.25) is 0 Å². The maximum Gasteiger partial charge on any atom is 0.469 e. The van der Waals surface area contributed by atoms with E-state index in [-0.39, 0.29) is 6.61 Å². The summed E-state index contributed by atoms with van der Waals surface area (Å²) in [4.78, 5) is 17.3. The lowest BCUT2D eigenvalue weighted by atomic mass is 10.1. The second-order valence-corrected chi connectivity index (χ2v) is 8.37. The number of ether oxygens (including phenoxy) is 3. The van der Waals surface area contributed by atoms with Gasteiger partial charge in [0.05, 0.1) is 26.4 Å². The summed E-state index contributed by atoms with van der Waals surface area (Å²) in [6.45, 7) is 8.40. The summed E-state index contributed by atoms with van der Waals surface area (Å²) in [5.74, 6) is -0.941. The van der Waals surface area contributed by atoms with Gasteiger partial charge in [0.2, 0.25) is 0 Å². The van der Waals surface area contributed by atoms with Crippen LogP contribution < -0.4 is 0 Å². The molecule has 0 saturated carbocycles. The normalized spacial score (nSPS) is 12.6. The number of rotatable bonds is 21. The first-order valence-electron chi connectivity index (χ1n) is 11.0. The van der Waals surface area contributed by atoms with Gasteiger partial charge in [-0.1, -0.05) is 59.3 Å². The molecule has 0 radical (unpaired) electrons. The van der Waals surface area contributed by atoms with Crippen LogP contribution in [0.5, 0.6) is 0 Å². The Kier molecular flexibility index (Phi) is 17.8. The minimum Gasteiger partial charge on any atom is -0.327 e. The Hall–Kier alpha value is -0.0100. The van der Waals surface area contributed by atoms with Gasteiger partial charge >= 0.3 is 7.82 Å². The molecule has 0 heterocycles. The maximum atomic E-state index is 10.6. The van der Waals surface area contributed by atoms with E-state index in [1.807, 2.05) is 0 Å². The van der Waals surface area contributed by atoms with Gasteiger partial charge in [-0.25, -0.2) is 4.57 Å². The smallest absolute Gasteiger partial charge is 0.327 e. The molecule has 0 aliphatic rings. The van der Waals surface area contributed by atoms with Crippen LogP contribution in [0.15, 0.2) is 0 Å². The molecule has 8 heteroatoms. The standard InChI is InChI=1S/C20H43O7P/c1-4-7-16-24-20(25-17-8-5-2,26-18-9-6-3)15-13-11-10-12-14-19-27-28(21,22)23/h4-19H2,1-3H3,(H2,21,22,23). The zero-order valence-corrected chi connectivity index (χ0v) is 19.1. The van der Waals surface area contributed by atoms with Gasteiger partial charge in [-0.3, -0.25) is 4.52 Å². The SMILES string of the molecule is CCCCOC(CCCCCCCOP(=O)(O)O)(OCCCC)OCCCC. The quantitative estimate of drug-likeness (QED) is 0.141. The van der Waals surface area contributed by atoms with Crippen LogP contribution in [0.25, 0.3) is 0 Å². The van der Waals surface area contributed by atoms with E-state index >= 15 is 0 Å². The molecular weight excluding hydrogens is 383 g/mol. The Morgan fingerprint density at radius 2 is 1.07 bits per heavy atom. The molecule has 0 amide bonds. The molecule has 170 valence electrons. The minimum atomic E-state index is -4.34. The largest absolute Gasteiger partial charge is 0.469 e. The fourth-order valence-electron chi connectivity index (χ4n) is 2.61. The third-order valence-electron chi connectivity index (χ3n) is 4.35. The van der Waals surface area contributed by atoms with Crippen LogP contribution in [0.3, 0.4) is 0 Å². The number of hydrogen-bond donors (Lipinski definition) is 2. The molecule has 0 aliphatic carbocycles. The molecule has 0 aromatic rings. The molecule has 0 aliphatic heterocycles. The average molecular weight is 427 g/mol. The summed E-state index contributed by atoms with van der Waals surface area (Å²) in [7, 11) is -4.34. The monoisotopic (exact) mass is 426 g/mol. The number of phosphoric acid groups is 1. The first-order valence-corrected chi connectivity index (χ1v) is 12.5. The van der Waals surface area contributed by atoms with E-state index in [0.717, 1.165) is 64.2 Å². The van der Waals surface area contributed by atoms with Crippen molar-refractivity contribution in [3.63, 3.8) is 0 Å². The first-order chi connectivity index (χ1) is 13.4. The average Bonchev–Trinajstić information content (AvgIpc) is 2.63. The fraction of sp³-hybridized carbons (Fsp3) is 1.00. The van der Waals surface area contributed by atoms with E-state index < -0.39 is 13.8 Å². The van der Waals surface area contributed by atoms with Crippen molar-refractivity contribution in [1.29, 1.82) is 0 Å². The molecule has 0 fully saturated rings. The molecule has 0 rings (SSSR count). The van der Waals surface area contributed by atoms with Gasteiger partial charge in [0.15, 0.2) is 0 Å². The molecule has 0 aromatic heterocycles. The summed E-state index contributed by atoms with van der Waals surface area (Å²) < 4.78 is 33.4. The highest BCUT2D eigenvalue weighted by Gasteiger charge is 2.32. The van der Waals surface area contributed by atoms with E-state index in [4.69, 9.17) is 24.0 Å². The minimum absolute atomic E-state index is 0.0919. The van der Waals surface area contributed by atoms with Crippen molar-refractivity contribution in [3.8, 4) is 0 Å². The van der Waals surface area contributed by atoms with Crippen molar-refractivity contribution in [2.45, 2.75) is 104 Å². The molecule has 0 saturated heterocycles. The van der Waals surface area contributed by atoms with Crippen molar-refractivity contribution in [2.24, 2.45) is 0 Å². The second kappa shape index (κ2) is 17.8. The third kappa shape index (κ3) is 16.9. The van der Waals surface area contributed by atoms with Crippen LogP contribution >= 0.6 is 7.82 Å².